The third-order valence-electron chi connectivity index (χ3n) is 2.84. The highest BCUT2D eigenvalue weighted by molar-refractivity contribution is 5.53. The summed E-state index contributed by atoms with van der Waals surface area (Å²) >= 11 is 0. The van der Waals surface area contributed by atoms with E-state index < -0.39 is 5.79 Å². The van der Waals surface area contributed by atoms with Gasteiger partial charge in [0.2, 0.25) is 5.75 Å². The molecule has 0 aliphatic carbocycles. The van der Waals surface area contributed by atoms with Crippen LogP contribution >= 0.6 is 0 Å². The number of phenolic OH excluding ortho intramolecular Hbond substituents is 1. The highest BCUT2D eigenvalue weighted by Gasteiger charge is 2.34. The number of aromatic hydroxyl groups is 1. The van der Waals surface area contributed by atoms with Gasteiger partial charge in [0.1, 0.15) is 0 Å². The van der Waals surface area contributed by atoms with Gasteiger partial charge in [0.15, 0.2) is 17.3 Å². The molecular weight excluding hydrogens is 224 g/mol. The van der Waals surface area contributed by atoms with E-state index in [9.17, 15) is 5.11 Å². The van der Waals surface area contributed by atoms with Crippen LogP contribution in [0.4, 0.5) is 0 Å². The molecule has 0 spiro atoms. The quantitative estimate of drug-likeness (QED) is 0.870. The van der Waals surface area contributed by atoms with Gasteiger partial charge in [-0.05, 0) is 19.1 Å². The zero-order valence-corrected chi connectivity index (χ0v) is 10.1. The van der Waals surface area contributed by atoms with Crippen LogP contribution in [0.5, 0.6) is 17.2 Å². The predicted octanol–water partition coefficient (Wildman–Crippen LogP) is 1.63. The van der Waals surface area contributed by atoms with Gasteiger partial charge in [-0.2, -0.15) is 0 Å². The third-order valence-corrected chi connectivity index (χ3v) is 2.84. The van der Waals surface area contributed by atoms with Crippen molar-refractivity contribution in [2.24, 2.45) is 0 Å². The molecule has 1 N–H and O–H groups in total. The summed E-state index contributed by atoms with van der Waals surface area (Å²) in [6.45, 7) is 2.91. The highest BCUT2D eigenvalue weighted by atomic mass is 16.7. The van der Waals surface area contributed by atoms with Gasteiger partial charge in [-0.3, -0.25) is 0 Å². The van der Waals surface area contributed by atoms with Crippen LogP contribution in [0.1, 0.15) is 12.5 Å². The Balaban J connectivity index is 2.47. The number of benzene rings is 1. The number of ether oxygens (including phenoxy) is 4. The van der Waals surface area contributed by atoms with Gasteiger partial charge in [0.05, 0.1) is 27.4 Å². The first-order valence-electron chi connectivity index (χ1n) is 5.34. The lowest BCUT2D eigenvalue weighted by molar-refractivity contribution is -0.149. The number of methoxy groups -OCH3 is 2. The van der Waals surface area contributed by atoms with Crippen molar-refractivity contribution in [2.75, 3.05) is 27.4 Å². The van der Waals surface area contributed by atoms with Crippen LogP contribution in [-0.2, 0) is 15.3 Å². The maximum absolute atomic E-state index is 9.81. The minimum atomic E-state index is -0.811. The summed E-state index contributed by atoms with van der Waals surface area (Å²) in [5, 5.41) is 9.81. The Morgan fingerprint density at radius 2 is 1.59 bits per heavy atom. The molecule has 2 rings (SSSR count). The first-order chi connectivity index (χ1) is 8.10. The zero-order chi connectivity index (χ0) is 12.5. The molecule has 0 radical (unpaired) electrons. The van der Waals surface area contributed by atoms with Crippen molar-refractivity contribution in [3.8, 4) is 17.2 Å². The molecule has 0 saturated carbocycles. The zero-order valence-electron chi connectivity index (χ0n) is 10.1. The van der Waals surface area contributed by atoms with Crippen molar-refractivity contribution < 1.29 is 24.1 Å². The van der Waals surface area contributed by atoms with Crippen molar-refractivity contribution in [1.29, 1.82) is 0 Å². The number of phenols is 1. The summed E-state index contributed by atoms with van der Waals surface area (Å²) < 4.78 is 21.3. The minimum Gasteiger partial charge on any atom is -0.502 e. The van der Waals surface area contributed by atoms with E-state index in [4.69, 9.17) is 18.9 Å². The molecule has 1 aliphatic heterocycles. The van der Waals surface area contributed by atoms with E-state index in [2.05, 4.69) is 0 Å². The maximum atomic E-state index is 9.81. The van der Waals surface area contributed by atoms with E-state index in [1.54, 1.807) is 12.1 Å². The lowest BCUT2D eigenvalue weighted by atomic mass is 10.1. The molecule has 0 bridgehead atoms. The van der Waals surface area contributed by atoms with Crippen LogP contribution in [-0.4, -0.2) is 32.5 Å². The van der Waals surface area contributed by atoms with Crippen LogP contribution in [0.3, 0.4) is 0 Å². The second-order valence-corrected chi connectivity index (χ2v) is 3.87. The summed E-state index contributed by atoms with van der Waals surface area (Å²) in [7, 11) is 2.97. The Hall–Kier alpha value is -1.46. The van der Waals surface area contributed by atoms with Crippen molar-refractivity contribution >= 4 is 0 Å². The fraction of sp³-hybridized carbons (Fsp3) is 0.500. The van der Waals surface area contributed by atoms with Crippen LogP contribution in [0.25, 0.3) is 0 Å². The summed E-state index contributed by atoms with van der Waals surface area (Å²) in [5.41, 5.74) is 0.751. The smallest absolute Gasteiger partial charge is 0.200 e. The van der Waals surface area contributed by atoms with E-state index in [1.807, 2.05) is 6.92 Å². The van der Waals surface area contributed by atoms with Gasteiger partial charge in [-0.1, -0.05) is 0 Å². The van der Waals surface area contributed by atoms with E-state index in [-0.39, 0.29) is 5.75 Å². The number of rotatable bonds is 3. The fourth-order valence-corrected chi connectivity index (χ4v) is 1.84. The normalized spacial score (nSPS) is 18.1. The Bertz CT molecular complexity index is 384. The van der Waals surface area contributed by atoms with E-state index >= 15 is 0 Å². The first-order valence-corrected chi connectivity index (χ1v) is 5.34. The number of hydrogen-bond donors (Lipinski definition) is 1. The molecule has 1 heterocycles. The SMILES string of the molecule is COc1cc(C2(C)OCCO2)cc(OC)c1O. The van der Waals surface area contributed by atoms with Gasteiger partial charge in [-0.15, -0.1) is 0 Å². The molecule has 94 valence electrons. The maximum Gasteiger partial charge on any atom is 0.200 e. The largest absolute Gasteiger partial charge is 0.502 e. The van der Waals surface area contributed by atoms with Gasteiger partial charge in [0, 0.05) is 5.56 Å². The monoisotopic (exact) mass is 240 g/mol. The van der Waals surface area contributed by atoms with Crippen LogP contribution in [0, 0.1) is 0 Å². The Morgan fingerprint density at radius 3 is 2.00 bits per heavy atom. The molecule has 5 heteroatoms. The van der Waals surface area contributed by atoms with E-state index in [0.29, 0.717) is 24.7 Å². The molecule has 1 aromatic rings. The third kappa shape index (κ3) is 2.03. The molecule has 0 atom stereocenters. The number of hydrogen-bond acceptors (Lipinski definition) is 5. The summed E-state index contributed by atoms with van der Waals surface area (Å²) in [6, 6.07) is 3.37. The molecule has 0 unspecified atom stereocenters. The van der Waals surface area contributed by atoms with E-state index in [0.717, 1.165) is 5.56 Å². The summed E-state index contributed by atoms with van der Waals surface area (Å²) in [6.07, 6.45) is 0. The van der Waals surface area contributed by atoms with Gasteiger partial charge in [0.25, 0.3) is 0 Å². The Morgan fingerprint density at radius 1 is 1.12 bits per heavy atom. The standard InChI is InChI=1S/C12H16O5/c1-12(16-4-5-17-12)8-6-9(14-2)11(13)10(7-8)15-3/h6-7,13H,4-5H2,1-3H3. The first kappa shape index (κ1) is 12.0. The van der Waals surface area contributed by atoms with Crippen LogP contribution < -0.4 is 9.47 Å². The van der Waals surface area contributed by atoms with Crippen LogP contribution in [0.15, 0.2) is 12.1 Å². The Kier molecular flexibility index (Phi) is 3.13. The minimum absolute atomic E-state index is 0.0275. The second kappa shape index (κ2) is 4.43. The van der Waals surface area contributed by atoms with Crippen LogP contribution in [0.2, 0.25) is 0 Å². The lowest BCUT2D eigenvalue weighted by Gasteiger charge is -2.24. The molecule has 0 aromatic heterocycles. The molecule has 5 nitrogen and oxygen atoms in total. The average Bonchev–Trinajstić information content (AvgIpc) is 2.77. The average molecular weight is 240 g/mol. The fourth-order valence-electron chi connectivity index (χ4n) is 1.84. The van der Waals surface area contributed by atoms with Gasteiger partial charge >= 0.3 is 0 Å². The highest BCUT2D eigenvalue weighted by Crippen LogP contribution is 2.42. The lowest BCUT2D eigenvalue weighted by Crippen LogP contribution is -2.22. The topological polar surface area (TPSA) is 57.2 Å². The van der Waals surface area contributed by atoms with Crippen molar-refractivity contribution in [2.45, 2.75) is 12.7 Å². The summed E-state index contributed by atoms with van der Waals surface area (Å²) in [4.78, 5) is 0. The van der Waals surface area contributed by atoms with Crippen molar-refractivity contribution in [1.82, 2.24) is 0 Å². The van der Waals surface area contributed by atoms with E-state index in [1.165, 1.54) is 14.2 Å². The second-order valence-electron chi connectivity index (χ2n) is 3.87. The molecule has 1 saturated heterocycles. The molecule has 0 amide bonds. The molecule has 1 aromatic carbocycles. The summed E-state index contributed by atoms with van der Waals surface area (Å²) in [5.74, 6) is -0.173. The Labute approximate surface area is 99.9 Å². The molecule has 17 heavy (non-hydrogen) atoms. The van der Waals surface area contributed by atoms with Crippen molar-refractivity contribution in [3.63, 3.8) is 0 Å². The van der Waals surface area contributed by atoms with Crippen molar-refractivity contribution in [3.05, 3.63) is 17.7 Å². The molecule has 1 aliphatic rings. The molecule has 1 fully saturated rings. The van der Waals surface area contributed by atoms with Gasteiger partial charge in [-0.25, -0.2) is 0 Å². The van der Waals surface area contributed by atoms with Gasteiger partial charge < -0.3 is 24.1 Å². The molecular formula is C12H16O5. The predicted molar refractivity (Wildman–Crippen MR) is 60.5 cm³/mol.